The molecule has 0 saturated heterocycles. The van der Waals surface area contributed by atoms with Crippen LogP contribution in [-0.4, -0.2) is 28.9 Å². The van der Waals surface area contributed by atoms with Crippen LogP contribution in [0.2, 0.25) is 0 Å². The molecule has 5 nitrogen and oxygen atoms in total. The number of rotatable bonds is 5. The Bertz CT molecular complexity index is 484. The van der Waals surface area contributed by atoms with Crippen molar-refractivity contribution in [2.24, 2.45) is 0 Å². The average molecular weight is 259 g/mol. The summed E-state index contributed by atoms with van der Waals surface area (Å²) in [5.41, 5.74) is 0.734. The lowest BCUT2D eigenvalue weighted by atomic mass is 10.1. The van der Waals surface area contributed by atoms with Crippen LogP contribution in [-0.2, 0) is 10.0 Å². The van der Waals surface area contributed by atoms with Gasteiger partial charge in [-0.05, 0) is 25.1 Å². The minimum absolute atomic E-state index is 0.380. The Morgan fingerprint density at radius 2 is 1.88 bits per heavy atom. The van der Waals surface area contributed by atoms with Gasteiger partial charge in [-0.1, -0.05) is 0 Å². The molecule has 0 unspecified atom stereocenters. The third kappa shape index (κ3) is 3.90. The van der Waals surface area contributed by atoms with Crippen molar-refractivity contribution in [3.63, 3.8) is 0 Å². The van der Waals surface area contributed by atoms with E-state index in [2.05, 4.69) is 4.72 Å². The highest BCUT2D eigenvalue weighted by Crippen LogP contribution is 2.29. The summed E-state index contributed by atoms with van der Waals surface area (Å²) in [5, 5.41) is 0. The third-order valence-corrected chi connectivity index (χ3v) is 3.08. The van der Waals surface area contributed by atoms with Crippen molar-refractivity contribution in [2.75, 3.05) is 20.5 Å². The Hall–Kier alpha value is -1.27. The molecule has 96 valence electrons. The van der Waals surface area contributed by atoms with Crippen LogP contribution in [0, 0.1) is 0 Å². The number of ether oxygens (including phenoxy) is 2. The van der Waals surface area contributed by atoms with E-state index >= 15 is 0 Å². The molecule has 0 saturated carbocycles. The molecule has 0 aliphatic rings. The SMILES string of the molecule is COc1ccc(OC)c([C@@H](C)NS(C)(=O)=O)c1. The van der Waals surface area contributed by atoms with E-state index in [4.69, 9.17) is 9.47 Å². The molecule has 1 aromatic rings. The van der Waals surface area contributed by atoms with Gasteiger partial charge in [0.15, 0.2) is 0 Å². The molecular weight excluding hydrogens is 242 g/mol. The van der Waals surface area contributed by atoms with Gasteiger partial charge in [-0.3, -0.25) is 0 Å². The Morgan fingerprint density at radius 3 is 2.35 bits per heavy atom. The Labute approximate surface area is 102 Å². The van der Waals surface area contributed by atoms with Crippen LogP contribution in [0.4, 0.5) is 0 Å². The topological polar surface area (TPSA) is 64.6 Å². The molecule has 6 heteroatoms. The van der Waals surface area contributed by atoms with Gasteiger partial charge in [0, 0.05) is 11.6 Å². The zero-order valence-electron chi connectivity index (χ0n) is 10.4. The fourth-order valence-corrected chi connectivity index (χ4v) is 2.33. The van der Waals surface area contributed by atoms with Crippen molar-refractivity contribution in [3.05, 3.63) is 23.8 Å². The van der Waals surface area contributed by atoms with E-state index in [1.165, 1.54) is 0 Å². The van der Waals surface area contributed by atoms with Gasteiger partial charge in [-0.2, -0.15) is 0 Å². The Morgan fingerprint density at radius 1 is 1.24 bits per heavy atom. The highest BCUT2D eigenvalue weighted by atomic mass is 32.2. The lowest BCUT2D eigenvalue weighted by Crippen LogP contribution is -2.25. The second kappa shape index (κ2) is 5.37. The van der Waals surface area contributed by atoms with Crippen molar-refractivity contribution >= 4 is 10.0 Å². The van der Waals surface area contributed by atoms with E-state index in [1.807, 2.05) is 0 Å². The molecule has 0 radical (unpaired) electrons. The molecule has 0 aliphatic carbocycles. The molecule has 1 atom stereocenters. The van der Waals surface area contributed by atoms with Gasteiger partial charge < -0.3 is 9.47 Å². The van der Waals surface area contributed by atoms with Gasteiger partial charge in [-0.25, -0.2) is 13.1 Å². The minimum atomic E-state index is -3.26. The molecule has 0 aromatic heterocycles. The second-order valence-electron chi connectivity index (χ2n) is 3.72. The van der Waals surface area contributed by atoms with Gasteiger partial charge >= 0.3 is 0 Å². The fourth-order valence-electron chi connectivity index (χ4n) is 1.56. The van der Waals surface area contributed by atoms with Crippen LogP contribution >= 0.6 is 0 Å². The largest absolute Gasteiger partial charge is 0.497 e. The molecule has 0 bridgehead atoms. The third-order valence-electron chi connectivity index (χ3n) is 2.29. The molecule has 1 N–H and O–H groups in total. The van der Waals surface area contributed by atoms with Gasteiger partial charge in [-0.15, -0.1) is 0 Å². The van der Waals surface area contributed by atoms with Gasteiger partial charge in [0.25, 0.3) is 0 Å². The highest BCUT2D eigenvalue weighted by Gasteiger charge is 2.16. The lowest BCUT2D eigenvalue weighted by Gasteiger charge is -2.17. The van der Waals surface area contributed by atoms with Crippen molar-refractivity contribution in [1.29, 1.82) is 0 Å². The van der Waals surface area contributed by atoms with E-state index in [0.29, 0.717) is 11.5 Å². The maximum Gasteiger partial charge on any atom is 0.209 e. The number of sulfonamides is 1. The fraction of sp³-hybridized carbons (Fsp3) is 0.455. The number of benzene rings is 1. The average Bonchev–Trinajstić information content (AvgIpc) is 2.25. The second-order valence-corrected chi connectivity index (χ2v) is 5.50. The first-order chi connectivity index (χ1) is 7.87. The van der Waals surface area contributed by atoms with Crippen LogP contribution in [0.5, 0.6) is 11.5 Å². The summed E-state index contributed by atoms with van der Waals surface area (Å²) in [6, 6.07) is 4.88. The molecule has 0 fully saturated rings. The summed E-state index contributed by atoms with van der Waals surface area (Å²) in [6.07, 6.45) is 1.12. The van der Waals surface area contributed by atoms with Crippen LogP contribution < -0.4 is 14.2 Å². The van der Waals surface area contributed by atoms with Crippen LogP contribution in [0.3, 0.4) is 0 Å². The molecular formula is C11H17NO4S. The van der Waals surface area contributed by atoms with Crippen LogP contribution in [0.1, 0.15) is 18.5 Å². The number of nitrogens with one attached hydrogen (secondary N) is 1. The summed E-state index contributed by atoms with van der Waals surface area (Å²) in [6.45, 7) is 1.75. The summed E-state index contributed by atoms with van der Waals surface area (Å²) in [5.74, 6) is 1.28. The maximum absolute atomic E-state index is 11.2. The Kier molecular flexibility index (Phi) is 4.36. The summed E-state index contributed by atoms with van der Waals surface area (Å²) < 4.78 is 35.2. The van der Waals surface area contributed by atoms with Crippen LogP contribution in [0.15, 0.2) is 18.2 Å². The molecule has 0 heterocycles. The predicted molar refractivity (Wildman–Crippen MR) is 65.9 cm³/mol. The monoisotopic (exact) mass is 259 g/mol. The predicted octanol–water partition coefficient (Wildman–Crippen LogP) is 1.31. The summed E-state index contributed by atoms with van der Waals surface area (Å²) in [7, 11) is -0.166. The van der Waals surface area contributed by atoms with Gasteiger partial charge in [0.2, 0.25) is 10.0 Å². The van der Waals surface area contributed by atoms with Crippen molar-refractivity contribution in [2.45, 2.75) is 13.0 Å². The number of hydrogen-bond acceptors (Lipinski definition) is 4. The van der Waals surface area contributed by atoms with E-state index in [1.54, 1.807) is 39.3 Å². The lowest BCUT2D eigenvalue weighted by molar-refractivity contribution is 0.395. The smallest absolute Gasteiger partial charge is 0.209 e. The first-order valence-corrected chi connectivity index (χ1v) is 6.95. The zero-order chi connectivity index (χ0) is 13.1. The van der Waals surface area contributed by atoms with Crippen molar-refractivity contribution < 1.29 is 17.9 Å². The molecule has 0 aliphatic heterocycles. The molecule has 0 spiro atoms. The number of methoxy groups -OCH3 is 2. The highest BCUT2D eigenvalue weighted by molar-refractivity contribution is 7.88. The molecule has 0 amide bonds. The normalized spacial score (nSPS) is 13.2. The quantitative estimate of drug-likeness (QED) is 0.866. The van der Waals surface area contributed by atoms with E-state index in [9.17, 15) is 8.42 Å². The van der Waals surface area contributed by atoms with E-state index in [0.717, 1.165) is 11.8 Å². The van der Waals surface area contributed by atoms with Crippen molar-refractivity contribution in [1.82, 2.24) is 4.72 Å². The molecule has 17 heavy (non-hydrogen) atoms. The van der Waals surface area contributed by atoms with Gasteiger partial charge in [0.1, 0.15) is 11.5 Å². The molecule has 1 rings (SSSR count). The minimum Gasteiger partial charge on any atom is -0.497 e. The maximum atomic E-state index is 11.2. The number of hydrogen-bond donors (Lipinski definition) is 1. The standard InChI is InChI=1S/C11H17NO4S/c1-8(12-17(4,13)14)10-7-9(15-2)5-6-11(10)16-3/h5-8,12H,1-4H3/t8-/m1/s1. The van der Waals surface area contributed by atoms with E-state index < -0.39 is 10.0 Å². The first kappa shape index (κ1) is 13.8. The first-order valence-electron chi connectivity index (χ1n) is 5.06. The summed E-state index contributed by atoms with van der Waals surface area (Å²) >= 11 is 0. The van der Waals surface area contributed by atoms with Crippen LogP contribution in [0.25, 0.3) is 0 Å². The zero-order valence-corrected chi connectivity index (χ0v) is 11.2. The Balaban J connectivity index is 3.09. The molecule has 1 aromatic carbocycles. The van der Waals surface area contributed by atoms with Crippen molar-refractivity contribution in [3.8, 4) is 11.5 Å². The van der Waals surface area contributed by atoms with Gasteiger partial charge in [0.05, 0.1) is 20.5 Å². The summed E-state index contributed by atoms with van der Waals surface area (Å²) in [4.78, 5) is 0. The van der Waals surface area contributed by atoms with E-state index in [-0.39, 0.29) is 6.04 Å².